The summed E-state index contributed by atoms with van der Waals surface area (Å²) in [5, 5.41) is 12.2. The van der Waals surface area contributed by atoms with Gasteiger partial charge in [-0.2, -0.15) is 0 Å². The maximum absolute atomic E-state index is 11.9. The fourth-order valence-electron chi connectivity index (χ4n) is 2.39. The smallest absolute Gasteiger partial charge is 0.311 e. The van der Waals surface area contributed by atoms with Gasteiger partial charge in [-0.1, -0.05) is 13.8 Å². The summed E-state index contributed by atoms with van der Waals surface area (Å²) in [4.78, 5) is 23.5. The van der Waals surface area contributed by atoms with Crippen molar-refractivity contribution in [2.75, 3.05) is 6.54 Å². The van der Waals surface area contributed by atoms with E-state index in [4.69, 9.17) is 5.73 Å². The SMILES string of the molecule is CCC(C)(N)C(=O)NCC1(C(=O)O)CCC(C)CC1. The van der Waals surface area contributed by atoms with Crippen molar-refractivity contribution in [2.45, 2.75) is 58.4 Å². The molecule has 1 aliphatic rings. The highest BCUT2D eigenvalue weighted by molar-refractivity contribution is 5.86. The molecule has 0 heterocycles. The van der Waals surface area contributed by atoms with Gasteiger partial charge in [0.1, 0.15) is 0 Å². The van der Waals surface area contributed by atoms with Crippen LogP contribution in [0.5, 0.6) is 0 Å². The second-order valence-electron chi connectivity index (χ2n) is 6.22. The molecule has 1 fully saturated rings. The van der Waals surface area contributed by atoms with Crippen LogP contribution in [0.25, 0.3) is 0 Å². The van der Waals surface area contributed by atoms with Gasteiger partial charge in [-0.15, -0.1) is 0 Å². The Balaban J connectivity index is 2.66. The number of aliphatic carboxylic acids is 1. The van der Waals surface area contributed by atoms with E-state index in [1.54, 1.807) is 6.92 Å². The maximum atomic E-state index is 11.9. The Morgan fingerprint density at radius 1 is 1.42 bits per heavy atom. The lowest BCUT2D eigenvalue weighted by Gasteiger charge is -2.36. The van der Waals surface area contributed by atoms with E-state index in [0.717, 1.165) is 12.8 Å². The highest BCUT2D eigenvalue weighted by atomic mass is 16.4. The number of amides is 1. The van der Waals surface area contributed by atoms with Crippen LogP contribution in [0.3, 0.4) is 0 Å². The summed E-state index contributed by atoms with van der Waals surface area (Å²) < 4.78 is 0. The Hall–Kier alpha value is -1.10. The Kier molecular flexibility index (Phi) is 4.96. The van der Waals surface area contributed by atoms with Crippen molar-refractivity contribution in [1.82, 2.24) is 5.32 Å². The fraction of sp³-hybridized carbons (Fsp3) is 0.857. The lowest BCUT2D eigenvalue weighted by Crippen LogP contribution is -2.54. The molecule has 4 N–H and O–H groups in total. The van der Waals surface area contributed by atoms with Crippen molar-refractivity contribution in [1.29, 1.82) is 0 Å². The van der Waals surface area contributed by atoms with Crippen molar-refractivity contribution < 1.29 is 14.7 Å². The molecule has 110 valence electrons. The summed E-state index contributed by atoms with van der Waals surface area (Å²) >= 11 is 0. The van der Waals surface area contributed by atoms with Gasteiger partial charge in [-0.3, -0.25) is 9.59 Å². The highest BCUT2D eigenvalue weighted by Gasteiger charge is 2.42. The molecule has 19 heavy (non-hydrogen) atoms. The Labute approximate surface area is 114 Å². The largest absolute Gasteiger partial charge is 0.481 e. The normalized spacial score (nSPS) is 30.4. The van der Waals surface area contributed by atoms with E-state index in [0.29, 0.717) is 25.2 Å². The van der Waals surface area contributed by atoms with Gasteiger partial charge in [-0.25, -0.2) is 0 Å². The molecule has 0 aromatic rings. The lowest BCUT2D eigenvalue weighted by molar-refractivity contribution is -0.151. The van der Waals surface area contributed by atoms with Crippen LogP contribution in [-0.2, 0) is 9.59 Å². The van der Waals surface area contributed by atoms with E-state index in [-0.39, 0.29) is 12.5 Å². The third-order valence-electron chi connectivity index (χ3n) is 4.53. The van der Waals surface area contributed by atoms with Crippen molar-refractivity contribution >= 4 is 11.9 Å². The van der Waals surface area contributed by atoms with Crippen LogP contribution < -0.4 is 11.1 Å². The first-order valence-corrected chi connectivity index (χ1v) is 7.04. The Morgan fingerprint density at radius 2 is 1.95 bits per heavy atom. The summed E-state index contributed by atoms with van der Waals surface area (Å²) in [6, 6.07) is 0. The summed E-state index contributed by atoms with van der Waals surface area (Å²) in [6.07, 6.45) is 3.57. The molecule has 1 unspecified atom stereocenters. The maximum Gasteiger partial charge on any atom is 0.311 e. The van der Waals surface area contributed by atoms with E-state index in [1.807, 2.05) is 6.92 Å². The number of carbonyl (C=O) groups is 2. The van der Waals surface area contributed by atoms with Crippen molar-refractivity contribution in [3.63, 3.8) is 0 Å². The average molecular weight is 270 g/mol. The topological polar surface area (TPSA) is 92.4 Å². The van der Waals surface area contributed by atoms with Gasteiger partial charge in [0.25, 0.3) is 0 Å². The highest BCUT2D eigenvalue weighted by Crippen LogP contribution is 2.38. The molecule has 0 spiro atoms. The van der Waals surface area contributed by atoms with Crippen molar-refractivity contribution in [2.24, 2.45) is 17.1 Å². The van der Waals surface area contributed by atoms with Crippen LogP contribution in [0, 0.1) is 11.3 Å². The molecule has 0 radical (unpaired) electrons. The molecule has 1 saturated carbocycles. The molecule has 0 aliphatic heterocycles. The first-order valence-electron chi connectivity index (χ1n) is 7.04. The van der Waals surface area contributed by atoms with Crippen molar-refractivity contribution in [3.8, 4) is 0 Å². The number of carboxylic acid groups (broad SMARTS) is 1. The predicted molar refractivity (Wildman–Crippen MR) is 73.6 cm³/mol. The van der Waals surface area contributed by atoms with Gasteiger partial charge in [0.15, 0.2) is 0 Å². The van der Waals surface area contributed by atoms with Gasteiger partial charge in [0.2, 0.25) is 5.91 Å². The van der Waals surface area contributed by atoms with Gasteiger partial charge in [-0.05, 0) is 44.9 Å². The molecule has 1 aliphatic carbocycles. The minimum absolute atomic E-state index is 0.181. The van der Waals surface area contributed by atoms with Crippen LogP contribution in [0.4, 0.5) is 0 Å². The number of hydrogen-bond donors (Lipinski definition) is 3. The van der Waals surface area contributed by atoms with Gasteiger partial charge < -0.3 is 16.2 Å². The van der Waals surface area contributed by atoms with Gasteiger partial charge in [0, 0.05) is 6.54 Å². The number of hydrogen-bond acceptors (Lipinski definition) is 3. The second kappa shape index (κ2) is 5.90. The zero-order valence-corrected chi connectivity index (χ0v) is 12.2. The van der Waals surface area contributed by atoms with Crippen LogP contribution in [-0.4, -0.2) is 29.1 Å². The van der Waals surface area contributed by atoms with Crippen LogP contribution in [0.1, 0.15) is 52.9 Å². The molecule has 5 nitrogen and oxygen atoms in total. The van der Waals surface area contributed by atoms with E-state index in [1.165, 1.54) is 0 Å². The van der Waals surface area contributed by atoms with Crippen molar-refractivity contribution in [3.05, 3.63) is 0 Å². The monoisotopic (exact) mass is 270 g/mol. The molecular formula is C14H26N2O3. The second-order valence-corrected chi connectivity index (χ2v) is 6.22. The van der Waals surface area contributed by atoms with E-state index in [2.05, 4.69) is 12.2 Å². The fourth-order valence-corrected chi connectivity index (χ4v) is 2.39. The minimum Gasteiger partial charge on any atom is -0.481 e. The molecule has 0 saturated heterocycles. The molecule has 1 rings (SSSR count). The molecule has 0 aromatic heterocycles. The molecular weight excluding hydrogens is 244 g/mol. The Bertz CT molecular complexity index is 345. The molecule has 0 bridgehead atoms. The number of carbonyl (C=O) groups excluding carboxylic acids is 1. The molecule has 1 amide bonds. The van der Waals surface area contributed by atoms with Crippen LogP contribution in [0.2, 0.25) is 0 Å². The zero-order chi connectivity index (χ0) is 14.7. The van der Waals surface area contributed by atoms with E-state index in [9.17, 15) is 14.7 Å². The molecule has 1 atom stereocenters. The number of nitrogens with two attached hydrogens (primary N) is 1. The minimum atomic E-state index is -0.929. The van der Waals surface area contributed by atoms with E-state index < -0.39 is 16.9 Å². The average Bonchev–Trinajstić information content (AvgIpc) is 2.37. The summed E-state index contributed by atoms with van der Waals surface area (Å²) in [5.74, 6) is -0.511. The Morgan fingerprint density at radius 3 is 2.37 bits per heavy atom. The molecule has 0 aromatic carbocycles. The first-order chi connectivity index (χ1) is 8.73. The zero-order valence-electron chi connectivity index (χ0n) is 12.2. The third-order valence-corrected chi connectivity index (χ3v) is 4.53. The number of nitrogens with one attached hydrogen (secondary N) is 1. The standard InChI is InChI=1S/C14H26N2O3/c1-4-13(3,15)11(17)16-9-14(12(18)19)7-5-10(2)6-8-14/h10H,4-9,15H2,1-3H3,(H,16,17)(H,18,19). The number of rotatable bonds is 5. The van der Waals surface area contributed by atoms with Crippen LogP contribution >= 0.6 is 0 Å². The van der Waals surface area contributed by atoms with Gasteiger partial charge >= 0.3 is 5.97 Å². The number of carboxylic acids is 1. The third kappa shape index (κ3) is 3.69. The first kappa shape index (κ1) is 16.0. The molecule has 5 heteroatoms. The predicted octanol–water partition coefficient (Wildman–Crippen LogP) is 1.51. The lowest BCUT2D eigenvalue weighted by atomic mass is 9.70. The summed E-state index contributed by atoms with van der Waals surface area (Å²) in [5.41, 5.74) is 4.11. The summed E-state index contributed by atoms with van der Waals surface area (Å²) in [6.45, 7) is 5.83. The van der Waals surface area contributed by atoms with Crippen LogP contribution in [0.15, 0.2) is 0 Å². The quantitative estimate of drug-likeness (QED) is 0.706. The van der Waals surface area contributed by atoms with Gasteiger partial charge in [0.05, 0.1) is 11.0 Å². The van der Waals surface area contributed by atoms with E-state index >= 15 is 0 Å². The summed E-state index contributed by atoms with van der Waals surface area (Å²) in [7, 11) is 0.